The lowest BCUT2D eigenvalue weighted by Crippen LogP contribution is -2.21. The molecule has 0 N–H and O–H groups in total. The molecule has 94 valence electrons. The van der Waals surface area contributed by atoms with Crippen LogP contribution in [0.5, 0.6) is 0 Å². The molecule has 0 heterocycles. The number of hydrogen-bond acceptors (Lipinski definition) is 3. The molecule has 3 heteroatoms. The molecule has 0 aliphatic rings. The Morgan fingerprint density at radius 1 is 0.842 bits per heavy atom. The van der Waals surface area contributed by atoms with Crippen LogP contribution in [0.1, 0.15) is 26.3 Å². The second kappa shape index (κ2) is 5.78. The third kappa shape index (κ3) is 3.39. The summed E-state index contributed by atoms with van der Waals surface area (Å²) in [5.41, 5.74) is 1.49. The van der Waals surface area contributed by atoms with Gasteiger partial charge in [-0.3, -0.25) is 4.79 Å². The van der Waals surface area contributed by atoms with Crippen molar-refractivity contribution in [2.75, 3.05) is 0 Å². The van der Waals surface area contributed by atoms with E-state index in [1.165, 1.54) is 18.2 Å². The van der Waals surface area contributed by atoms with Gasteiger partial charge in [0.05, 0.1) is 5.97 Å². The van der Waals surface area contributed by atoms with E-state index in [4.69, 9.17) is 0 Å². The van der Waals surface area contributed by atoms with Gasteiger partial charge in [-0.05, 0) is 17.2 Å². The van der Waals surface area contributed by atoms with Gasteiger partial charge in [0.25, 0.3) is 0 Å². The summed E-state index contributed by atoms with van der Waals surface area (Å²) in [5.74, 6) is -1.31. The molecule has 0 spiro atoms. The van der Waals surface area contributed by atoms with Crippen LogP contribution in [-0.4, -0.2) is 11.8 Å². The van der Waals surface area contributed by atoms with Crippen LogP contribution in [0.3, 0.4) is 0 Å². The van der Waals surface area contributed by atoms with Gasteiger partial charge in [-0.15, -0.1) is 0 Å². The molecule has 0 aliphatic heterocycles. The number of allylic oxidation sites excluding steroid dienone is 1. The van der Waals surface area contributed by atoms with E-state index in [2.05, 4.69) is 0 Å². The maximum Gasteiger partial charge on any atom is 0.185 e. The highest BCUT2D eigenvalue weighted by molar-refractivity contribution is 6.06. The second-order valence-electron chi connectivity index (χ2n) is 3.97. The van der Waals surface area contributed by atoms with Crippen molar-refractivity contribution in [2.24, 2.45) is 0 Å². The summed E-state index contributed by atoms with van der Waals surface area (Å²) in [6, 6.07) is 15.1. The summed E-state index contributed by atoms with van der Waals surface area (Å²) in [4.78, 5) is 22.4. The van der Waals surface area contributed by atoms with Crippen molar-refractivity contribution in [3.8, 4) is 0 Å². The first-order valence-electron chi connectivity index (χ1n) is 5.76. The molecule has 19 heavy (non-hydrogen) atoms. The van der Waals surface area contributed by atoms with Gasteiger partial charge >= 0.3 is 0 Å². The Hall–Kier alpha value is -2.68. The highest BCUT2D eigenvalue weighted by atomic mass is 16.4. The number of carbonyl (C=O) groups excluding carboxylic acids is 2. The van der Waals surface area contributed by atoms with E-state index in [0.717, 1.165) is 5.56 Å². The van der Waals surface area contributed by atoms with Gasteiger partial charge in [-0.25, -0.2) is 0 Å². The van der Waals surface area contributed by atoms with Crippen LogP contribution < -0.4 is 5.11 Å². The zero-order valence-corrected chi connectivity index (χ0v) is 10.1. The van der Waals surface area contributed by atoms with Crippen LogP contribution in [0, 0.1) is 0 Å². The van der Waals surface area contributed by atoms with Crippen molar-refractivity contribution < 1.29 is 14.7 Å². The molecule has 0 bridgehead atoms. The first-order valence-corrected chi connectivity index (χ1v) is 5.76. The minimum atomic E-state index is -1.21. The van der Waals surface area contributed by atoms with Crippen molar-refractivity contribution in [1.82, 2.24) is 0 Å². The zero-order valence-electron chi connectivity index (χ0n) is 10.1. The first kappa shape index (κ1) is 12.8. The predicted molar refractivity (Wildman–Crippen MR) is 70.6 cm³/mol. The summed E-state index contributed by atoms with van der Waals surface area (Å²) < 4.78 is 0. The number of ketones is 1. The minimum Gasteiger partial charge on any atom is -0.545 e. The van der Waals surface area contributed by atoms with E-state index in [9.17, 15) is 14.7 Å². The molecule has 0 aromatic heterocycles. The highest BCUT2D eigenvalue weighted by Crippen LogP contribution is 2.07. The number of aromatic carboxylic acids is 1. The summed E-state index contributed by atoms with van der Waals surface area (Å²) in [7, 11) is 0. The standard InChI is InChI=1S/C16H12O3/c17-15(13-4-2-1-3-5-13)11-8-12-6-9-14(10-7-12)16(18)19/h1-11H,(H,18,19)/p-1/b11-8+. The number of carboxylic acid groups (broad SMARTS) is 1. The van der Waals surface area contributed by atoms with Gasteiger partial charge in [0.1, 0.15) is 0 Å². The average molecular weight is 251 g/mol. The molecular weight excluding hydrogens is 240 g/mol. The molecule has 0 aliphatic carbocycles. The monoisotopic (exact) mass is 251 g/mol. The van der Waals surface area contributed by atoms with Crippen molar-refractivity contribution in [3.63, 3.8) is 0 Å². The number of rotatable bonds is 4. The first-order chi connectivity index (χ1) is 9.16. The van der Waals surface area contributed by atoms with Crippen molar-refractivity contribution in [3.05, 3.63) is 77.4 Å². The second-order valence-corrected chi connectivity index (χ2v) is 3.97. The summed E-state index contributed by atoms with van der Waals surface area (Å²) in [6.07, 6.45) is 3.11. The van der Waals surface area contributed by atoms with Crippen LogP contribution >= 0.6 is 0 Å². The minimum absolute atomic E-state index is 0.0930. The maximum atomic E-state index is 11.8. The lowest BCUT2D eigenvalue weighted by molar-refractivity contribution is -0.255. The van der Waals surface area contributed by atoms with E-state index < -0.39 is 5.97 Å². The average Bonchev–Trinajstić information content (AvgIpc) is 2.46. The predicted octanol–water partition coefficient (Wildman–Crippen LogP) is 1.95. The van der Waals surface area contributed by atoms with Crippen LogP contribution in [0.2, 0.25) is 0 Å². The fourth-order valence-corrected chi connectivity index (χ4v) is 1.60. The van der Waals surface area contributed by atoms with Crippen LogP contribution in [-0.2, 0) is 0 Å². The number of hydrogen-bond donors (Lipinski definition) is 0. The van der Waals surface area contributed by atoms with Crippen molar-refractivity contribution in [2.45, 2.75) is 0 Å². The smallest absolute Gasteiger partial charge is 0.185 e. The van der Waals surface area contributed by atoms with E-state index in [1.807, 2.05) is 6.07 Å². The third-order valence-corrected chi connectivity index (χ3v) is 2.63. The van der Waals surface area contributed by atoms with Gasteiger partial charge in [-0.1, -0.05) is 60.7 Å². The molecule has 0 amide bonds. The summed E-state index contributed by atoms with van der Waals surface area (Å²) >= 11 is 0. The Morgan fingerprint density at radius 2 is 1.47 bits per heavy atom. The van der Waals surface area contributed by atoms with Gasteiger partial charge in [0, 0.05) is 5.56 Å². The molecule has 2 rings (SSSR count). The van der Waals surface area contributed by atoms with E-state index in [-0.39, 0.29) is 11.3 Å². The third-order valence-electron chi connectivity index (χ3n) is 2.63. The Kier molecular flexibility index (Phi) is 3.88. The molecule has 0 fully saturated rings. The van der Waals surface area contributed by atoms with E-state index in [1.54, 1.807) is 42.5 Å². The van der Waals surface area contributed by atoms with Crippen molar-refractivity contribution in [1.29, 1.82) is 0 Å². The van der Waals surface area contributed by atoms with E-state index in [0.29, 0.717) is 5.56 Å². The van der Waals surface area contributed by atoms with E-state index >= 15 is 0 Å². The molecule has 0 atom stereocenters. The lowest BCUT2D eigenvalue weighted by atomic mass is 10.1. The van der Waals surface area contributed by atoms with Crippen molar-refractivity contribution >= 4 is 17.8 Å². The SMILES string of the molecule is O=C([O-])c1ccc(/C=C/C(=O)c2ccccc2)cc1. The Bertz CT molecular complexity index is 610. The topological polar surface area (TPSA) is 57.2 Å². The fourth-order valence-electron chi connectivity index (χ4n) is 1.60. The lowest BCUT2D eigenvalue weighted by Gasteiger charge is -2.01. The number of benzene rings is 2. The summed E-state index contributed by atoms with van der Waals surface area (Å²) in [6.45, 7) is 0. The molecule has 0 unspecified atom stereocenters. The fraction of sp³-hybridized carbons (Fsp3) is 0. The molecule has 3 nitrogen and oxygen atoms in total. The number of carboxylic acids is 1. The van der Waals surface area contributed by atoms with Crippen LogP contribution in [0.15, 0.2) is 60.7 Å². The highest BCUT2D eigenvalue weighted by Gasteiger charge is 1.99. The van der Waals surface area contributed by atoms with Gasteiger partial charge in [0.2, 0.25) is 0 Å². The molecular formula is C16H11O3-. The molecule has 0 saturated carbocycles. The Balaban J connectivity index is 2.10. The largest absolute Gasteiger partial charge is 0.545 e. The molecule has 2 aromatic carbocycles. The summed E-state index contributed by atoms with van der Waals surface area (Å²) in [5, 5.41) is 10.6. The molecule has 0 saturated heterocycles. The van der Waals surface area contributed by atoms with Crippen LogP contribution in [0.25, 0.3) is 6.08 Å². The maximum absolute atomic E-state index is 11.8. The number of carbonyl (C=O) groups is 2. The quantitative estimate of drug-likeness (QED) is 0.616. The normalized spacial score (nSPS) is 10.5. The molecule has 2 aromatic rings. The van der Waals surface area contributed by atoms with Crippen LogP contribution in [0.4, 0.5) is 0 Å². The van der Waals surface area contributed by atoms with Gasteiger partial charge < -0.3 is 9.90 Å². The van der Waals surface area contributed by atoms with Gasteiger partial charge in [-0.2, -0.15) is 0 Å². The molecule has 0 radical (unpaired) electrons. The Labute approximate surface area is 110 Å². The zero-order chi connectivity index (χ0) is 13.7. The van der Waals surface area contributed by atoms with Gasteiger partial charge in [0.15, 0.2) is 5.78 Å². The Morgan fingerprint density at radius 3 is 2.05 bits per heavy atom.